The van der Waals surface area contributed by atoms with E-state index < -0.39 is 0 Å². The first-order valence-corrected chi connectivity index (χ1v) is 7.45. The van der Waals surface area contributed by atoms with Crippen LogP contribution in [0.2, 0.25) is 0 Å². The van der Waals surface area contributed by atoms with Crippen molar-refractivity contribution in [3.8, 4) is 0 Å². The summed E-state index contributed by atoms with van der Waals surface area (Å²) in [6.07, 6.45) is 0. The molecule has 2 heterocycles. The van der Waals surface area contributed by atoms with Crippen molar-refractivity contribution in [1.82, 2.24) is 14.8 Å². The Morgan fingerprint density at radius 2 is 2.14 bits per heavy atom. The van der Waals surface area contributed by atoms with Crippen LogP contribution in [0.4, 0.5) is 5.82 Å². The second-order valence-corrected chi connectivity index (χ2v) is 5.91. The van der Waals surface area contributed by atoms with Crippen LogP contribution in [0.15, 0.2) is 30.3 Å². The molecule has 3 rings (SSSR count). The average molecular weight is 285 g/mol. The molecule has 3 N–H and O–H groups in total. The van der Waals surface area contributed by atoms with Crippen molar-refractivity contribution in [1.29, 1.82) is 0 Å². The lowest BCUT2D eigenvalue weighted by molar-refractivity contribution is 0.0940. The molecule has 1 aromatic carbocycles. The van der Waals surface area contributed by atoms with Crippen LogP contribution in [-0.4, -0.2) is 47.5 Å². The Morgan fingerprint density at radius 3 is 2.90 bits per heavy atom. The highest BCUT2D eigenvalue weighted by atomic mass is 15.3. The normalized spacial score (nSPS) is 20.8. The fourth-order valence-corrected chi connectivity index (χ4v) is 3.04. The summed E-state index contributed by atoms with van der Waals surface area (Å²) in [5.41, 5.74) is 4.89. The van der Waals surface area contributed by atoms with Gasteiger partial charge in [0, 0.05) is 43.2 Å². The van der Waals surface area contributed by atoms with E-state index in [1.165, 1.54) is 0 Å². The van der Waals surface area contributed by atoms with E-state index in [1.54, 1.807) is 0 Å². The number of piperazine rings is 1. The number of rotatable bonds is 3. The van der Waals surface area contributed by atoms with Crippen LogP contribution in [0.3, 0.4) is 0 Å². The van der Waals surface area contributed by atoms with Gasteiger partial charge in [-0.3, -0.25) is 4.90 Å². The van der Waals surface area contributed by atoms with Gasteiger partial charge in [0.2, 0.25) is 0 Å². The molecule has 0 radical (unpaired) electrons. The molecule has 0 aliphatic carbocycles. The molecule has 1 fully saturated rings. The maximum absolute atomic E-state index is 5.66. The Morgan fingerprint density at radius 1 is 1.33 bits per heavy atom. The average Bonchev–Trinajstić information content (AvgIpc) is 2.49. The van der Waals surface area contributed by atoms with Gasteiger partial charge < -0.3 is 10.3 Å². The van der Waals surface area contributed by atoms with Gasteiger partial charge in [0.05, 0.1) is 5.52 Å². The van der Waals surface area contributed by atoms with Crippen LogP contribution in [0.5, 0.6) is 0 Å². The molecule has 1 saturated heterocycles. The fourth-order valence-electron chi connectivity index (χ4n) is 3.04. The van der Waals surface area contributed by atoms with Gasteiger partial charge in [-0.25, -0.2) is 10.8 Å². The second-order valence-electron chi connectivity index (χ2n) is 5.91. The van der Waals surface area contributed by atoms with Gasteiger partial charge in [0.1, 0.15) is 5.82 Å². The van der Waals surface area contributed by atoms with Crippen LogP contribution in [0.25, 0.3) is 10.9 Å². The number of hydrogen-bond acceptors (Lipinski definition) is 5. The van der Waals surface area contributed by atoms with Gasteiger partial charge in [0.25, 0.3) is 0 Å². The third-order valence-electron chi connectivity index (χ3n) is 4.28. The van der Waals surface area contributed by atoms with Gasteiger partial charge in [-0.05, 0) is 26.1 Å². The zero-order valence-electron chi connectivity index (χ0n) is 12.7. The lowest BCUT2D eigenvalue weighted by Gasteiger charge is -2.38. The SMILES string of the molecule is CC1CN(C)CCN1Cc1cc2ccccc2nc1NN. The standard InChI is InChI=1S/C16H23N5/c1-12-10-20(2)7-8-21(12)11-14-9-13-5-3-4-6-15(13)18-16(14)19-17/h3-6,9,12H,7-8,10-11,17H2,1-2H3,(H,18,19). The van der Waals surface area contributed by atoms with Gasteiger partial charge in [0.15, 0.2) is 0 Å². The Balaban J connectivity index is 1.88. The van der Waals surface area contributed by atoms with Crippen LogP contribution in [-0.2, 0) is 6.54 Å². The number of likely N-dealkylation sites (N-methyl/N-ethyl adjacent to an activating group) is 1. The molecule has 1 aliphatic heterocycles. The van der Waals surface area contributed by atoms with Crippen molar-refractivity contribution >= 4 is 16.7 Å². The third-order valence-corrected chi connectivity index (χ3v) is 4.28. The lowest BCUT2D eigenvalue weighted by atomic mass is 10.1. The van der Waals surface area contributed by atoms with E-state index in [2.05, 4.69) is 46.3 Å². The molecular formula is C16H23N5. The van der Waals surface area contributed by atoms with Crippen molar-refractivity contribution in [2.45, 2.75) is 19.5 Å². The number of pyridine rings is 1. The topological polar surface area (TPSA) is 57.4 Å². The Labute approximate surface area is 125 Å². The highest BCUT2D eigenvalue weighted by Gasteiger charge is 2.22. The first kappa shape index (κ1) is 14.3. The third kappa shape index (κ3) is 3.00. The minimum absolute atomic E-state index is 0.542. The first-order chi connectivity index (χ1) is 10.2. The van der Waals surface area contributed by atoms with Crippen molar-refractivity contribution in [2.24, 2.45) is 5.84 Å². The minimum atomic E-state index is 0.542. The van der Waals surface area contributed by atoms with E-state index in [0.29, 0.717) is 6.04 Å². The molecule has 2 aromatic rings. The maximum Gasteiger partial charge on any atom is 0.145 e. The quantitative estimate of drug-likeness (QED) is 0.663. The number of anilines is 1. The number of aromatic nitrogens is 1. The number of hydrogen-bond donors (Lipinski definition) is 2. The molecule has 0 amide bonds. The maximum atomic E-state index is 5.66. The number of nitrogen functional groups attached to an aromatic ring is 1. The summed E-state index contributed by atoms with van der Waals surface area (Å²) >= 11 is 0. The number of hydrazine groups is 1. The van der Waals surface area contributed by atoms with Gasteiger partial charge >= 0.3 is 0 Å². The summed E-state index contributed by atoms with van der Waals surface area (Å²) in [4.78, 5) is 9.50. The summed E-state index contributed by atoms with van der Waals surface area (Å²) in [6, 6.07) is 10.9. The van der Waals surface area contributed by atoms with E-state index in [-0.39, 0.29) is 0 Å². The zero-order chi connectivity index (χ0) is 14.8. The summed E-state index contributed by atoms with van der Waals surface area (Å²) in [5, 5.41) is 1.16. The number of fused-ring (bicyclic) bond motifs is 1. The molecule has 1 aromatic heterocycles. The minimum Gasteiger partial charge on any atom is -0.308 e. The summed E-state index contributed by atoms with van der Waals surface area (Å²) in [7, 11) is 2.18. The van der Waals surface area contributed by atoms with E-state index in [1.807, 2.05) is 18.2 Å². The molecule has 1 unspecified atom stereocenters. The predicted molar refractivity (Wildman–Crippen MR) is 86.9 cm³/mol. The predicted octanol–water partition coefficient (Wildman–Crippen LogP) is 1.66. The van der Waals surface area contributed by atoms with Gasteiger partial charge in [-0.2, -0.15) is 0 Å². The molecule has 0 spiro atoms. The molecule has 112 valence electrons. The van der Waals surface area contributed by atoms with E-state index in [9.17, 15) is 0 Å². The van der Waals surface area contributed by atoms with Crippen LogP contribution in [0, 0.1) is 0 Å². The highest BCUT2D eigenvalue weighted by Crippen LogP contribution is 2.22. The second kappa shape index (κ2) is 5.97. The molecule has 1 aliphatic rings. The molecule has 1 atom stereocenters. The first-order valence-electron chi connectivity index (χ1n) is 7.45. The molecular weight excluding hydrogens is 262 g/mol. The van der Waals surface area contributed by atoms with Crippen LogP contribution >= 0.6 is 0 Å². The molecule has 5 nitrogen and oxygen atoms in total. The van der Waals surface area contributed by atoms with Crippen LogP contribution < -0.4 is 11.3 Å². The summed E-state index contributed by atoms with van der Waals surface area (Å²) < 4.78 is 0. The Hall–Kier alpha value is -1.69. The zero-order valence-corrected chi connectivity index (χ0v) is 12.7. The number of nitrogens with zero attached hydrogens (tertiary/aromatic N) is 3. The monoisotopic (exact) mass is 285 g/mol. The van der Waals surface area contributed by atoms with Crippen LogP contribution in [0.1, 0.15) is 12.5 Å². The smallest absolute Gasteiger partial charge is 0.145 e. The number of nitrogens with one attached hydrogen (secondary N) is 1. The molecule has 0 bridgehead atoms. The van der Waals surface area contributed by atoms with E-state index >= 15 is 0 Å². The molecule has 0 saturated carbocycles. The number of para-hydroxylation sites is 1. The Bertz CT molecular complexity index is 627. The molecule has 5 heteroatoms. The highest BCUT2D eigenvalue weighted by molar-refractivity contribution is 5.81. The van der Waals surface area contributed by atoms with Gasteiger partial charge in [-0.1, -0.05) is 18.2 Å². The molecule has 21 heavy (non-hydrogen) atoms. The van der Waals surface area contributed by atoms with E-state index in [0.717, 1.165) is 48.5 Å². The van der Waals surface area contributed by atoms with Gasteiger partial charge in [-0.15, -0.1) is 0 Å². The van der Waals surface area contributed by atoms with E-state index in [4.69, 9.17) is 5.84 Å². The largest absolute Gasteiger partial charge is 0.308 e. The van der Waals surface area contributed by atoms with Crippen molar-refractivity contribution in [3.63, 3.8) is 0 Å². The number of benzene rings is 1. The van der Waals surface area contributed by atoms with Crippen molar-refractivity contribution in [3.05, 3.63) is 35.9 Å². The van der Waals surface area contributed by atoms with Crippen molar-refractivity contribution < 1.29 is 0 Å². The number of nitrogens with two attached hydrogens (primary N) is 1. The lowest BCUT2D eigenvalue weighted by Crippen LogP contribution is -2.49. The summed E-state index contributed by atoms with van der Waals surface area (Å²) in [6.45, 7) is 6.45. The Kier molecular flexibility index (Phi) is 4.05. The van der Waals surface area contributed by atoms with Crippen molar-refractivity contribution in [2.75, 3.05) is 32.1 Å². The summed E-state index contributed by atoms with van der Waals surface area (Å²) in [5.74, 6) is 6.44. The fraction of sp³-hybridized carbons (Fsp3) is 0.438.